The Balaban J connectivity index is 2.15. The fourth-order valence-corrected chi connectivity index (χ4v) is 11.0. The van der Waals surface area contributed by atoms with Crippen LogP contribution in [0.25, 0.3) is 0 Å². The minimum absolute atomic E-state index is 0.0141. The molecule has 2 rings (SSSR count). The van der Waals surface area contributed by atoms with Crippen molar-refractivity contribution in [3.63, 3.8) is 0 Å². The Morgan fingerprint density at radius 1 is 0.523 bits per heavy atom. The van der Waals surface area contributed by atoms with Crippen LogP contribution in [0.1, 0.15) is 134 Å². The standard InChI is InChI=1S/C67H122N24O16/c1-42(93)57(90-63(104)51(40-92)89-62(103)50(36-43-20-22-44(94)23-21-43)85-54(96)38-82-53(95)19-3-2-8-31-79-56(98)41-107-45(37-78-30-13-28-71)24-34-77-29-12-27-70)65(106)91-35-11-18-52(91)64(105)83-39-55(97)84-47(17-10-33-81-67(75)76)59(100)87-49(15-5-7-26-69)61(102)88-48(14-4-6-25-68)60(101)86-46(58(72)99)16-9-32-80-66(73)74/h20-23,42,45-52,57,77-78,92-94H,2-19,24-41,68-71H2,1H3,(H2,72,99)(H,79,98)(H,82,95)(H,83,105)(H,84,97)(H,85,96)(H,86,101)(H,87,100)(H,88,102)(H,89,103)(H,90,104)(H4,73,74,80)(H4,75,76,81)/t42-,45?,46+,47+,48+,49+,50+,51+,52+,57+/m1/s1. The van der Waals surface area contributed by atoms with Gasteiger partial charge >= 0.3 is 0 Å². The summed E-state index contributed by atoms with van der Waals surface area (Å²) in [4.78, 5) is 172. The van der Waals surface area contributed by atoms with Gasteiger partial charge in [-0.2, -0.15) is 0 Å². The number of rotatable bonds is 59. The van der Waals surface area contributed by atoms with Crippen molar-refractivity contribution < 1.29 is 77.6 Å². The number of nitrogens with one attached hydrogen (secondary N) is 12. The van der Waals surface area contributed by atoms with E-state index in [0.717, 1.165) is 30.8 Å². The number of aromatic hydroxyl groups is 1. The zero-order valence-corrected chi connectivity index (χ0v) is 61.7. The Labute approximate surface area is 624 Å². The van der Waals surface area contributed by atoms with Crippen LogP contribution in [0.2, 0.25) is 0 Å². The molecule has 1 unspecified atom stereocenters. The number of benzene rings is 1. The van der Waals surface area contributed by atoms with Crippen LogP contribution < -0.4 is 115 Å². The molecular formula is C67H122N24O16. The molecule has 1 aromatic rings. The molecule has 0 radical (unpaired) electrons. The number of phenolic OH excluding ortho intramolecular Hbond substituents is 1. The maximum Gasteiger partial charge on any atom is 0.248 e. The third-order valence-electron chi connectivity index (χ3n) is 16.9. The highest BCUT2D eigenvalue weighted by Gasteiger charge is 2.41. The molecule has 40 heteroatoms. The van der Waals surface area contributed by atoms with Gasteiger partial charge < -0.3 is 140 Å². The van der Waals surface area contributed by atoms with Crippen molar-refractivity contribution in [2.45, 2.75) is 196 Å². The van der Waals surface area contributed by atoms with Gasteiger partial charge in [0, 0.05) is 45.6 Å². The number of likely N-dealkylation sites (tertiary alicyclic amines) is 1. The van der Waals surface area contributed by atoms with Crippen LogP contribution in [0.5, 0.6) is 5.75 Å². The zero-order valence-electron chi connectivity index (χ0n) is 61.7. The average molecular weight is 1520 g/mol. The zero-order chi connectivity index (χ0) is 79.5. The van der Waals surface area contributed by atoms with Crippen molar-refractivity contribution in [2.24, 2.45) is 61.6 Å². The van der Waals surface area contributed by atoms with Crippen LogP contribution in [0.3, 0.4) is 0 Å². The Morgan fingerprint density at radius 2 is 1.03 bits per heavy atom. The van der Waals surface area contributed by atoms with E-state index in [-0.39, 0.29) is 133 Å². The normalized spacial score (nSPS) is 15.0. The summed E-state index contributed by atoms with van der Waals surface area (Å²) in [5, 5.41) is 63.4. The van der Waals surface area contributed by atoms with Crippen molar-refractivity contribution >= 4 is 82.8 Å². The lowest BCUT2D eigenvalue weighted by Crippen LogP contribution is -2.61. The lowest BCUT2D eigenvalue weighted by atomic mass is 10.0. The summed E-state index contributed by atoms with van der Waals surface area (Å²) in [7, 11) is 0. The van der Waals surface area contributed by atoms with Gasteiger partial charge in [0.05, 0.1) is 31.9 Å². The van der Waals surface area contributed by atoms with Crippen molar-refractivity contribution in [1.29, 1.82) is 0 Å². The minimum Gasteiger partial charge on any atom is -0.508 e. The van der Waals surface area contributed by atoms with E-state index in [9.17, 15) is 72.9 Å². The monoisotopic (exact) mass is 1520 g/mol. The second-order valence-corrected chi connectivity index (χ2v) is 25.9. The Morgan fingerprint density at radius 3 is 1.58 bits per heavy atom. The number of amides is 12. The number of carbonyl (C=O) groups is 12. The molecule has 10 atom stereocenters. The Hall–Kier alpha value is -9.16. The van der Waals surface area contributed by atoms with E-state index < -0.39 is 139 Å². The van der Waals surface area contributed by atoms with Crippen molar-refractivity contribution in [2.75, 3.05) is 105 Å². The van der Waals surface area contributed by atoms with Gasteiger partial charge in [0.15, 0.2) is 11.9 Å². The summed E-state index contributed by atoms with van der Waals surface area (Å²) in [5.74, 6) is -10.1. The summed E-state index contributed by atoms with van der Waals surface area (Å²) >= 11 is 0. The molecule has 1 heterocycles. The third kappa shape index (κ3) is 41.0. The molecule has 33 N–H and O–H groups in total. The number of carbonyl (C=O) groups excluding carboxylic acids is 12. The van der Waals surface area contributed by atoms with E-state index in [1.807, 2.05) is 0 Å². The first-order valence-corrected chi connectivity index (χ1v) is 36.7. The van der Waals surface area contributed by atoms with Crippen LogP contribution in [-0.4, -0.2) is 268 Å². The predicted molar refractivity (Wildman–Crippen MR) is 399 cm³/mol. The van der Waals surface area contributed by atoms with Crippen LogP contribution in [0.15, 0.2) is 34.3 Å². The molecule has 1 aromatic carbocycles. The van der Waals surface area contributed by atoms with Gasteiger partial charge in [-0.3, -0.25) is 67.5 Å². The molecule has 0 aliphatic carbocycles. The van der Waals surface area contributed by atoms with Gasteiger partial charge in [0.25, 0.3) is 0 Å². The van der Waals surface area contributed by atoms with Gasteiger partial charge in [-0.1, -0.05) is 18.6 Å². The highest BCUT2D eigenvalue weighted by Crippen LogP contribution is 2.20. The topological polar surface area (TPSA) is 681 Å². The summed E-state index contributed by atoms with van der Waals surface area (Å²) in [6.45, 7) is 3.54. The number of ether oxygens (including phenoxy) is 1. The van der Waals surface area contributed by atoms with E-state index >= 15 is 0 Å². The van der Waals surface area contributed by atoms with E-state index in [0.29, 0.717) is 89.7 Å². The fraction of sp³-hybridized carbons (Fsp3) is 0.701. The quantitative estimate of drug-likeness (QED) is 0.0164. The maximum absolute atomic E-state index is 14.3. The van der Waals surface area contributed by atoms with Crippen LogP contribution in [0.4, 0.5) is 0 Å². The SMILES string of the molecule is C[C@@H](O)[C@H](NC(=O)[C@H](CO)NC(=O)[C@H](Cc1ccc(O)cc1)NC(=O)CNC(=O)CCCCCNC(=O)COC(CCNCCCN)CNCCCN)C(=O)N1CCC[C@H]1C(=O)NCC(=O)N[C@@H](CCCN=C(N)N)C(=O)N[C@@H](CCCCN)C(=O)N[C@@H](CCCCN)C(=O)N[C@@H](CCCN=C(N)N)C(N)=O. The Bertz CT molecular complexity index is 2950. The van der Waals surface area contributed by atoms with Crippen LogP contribution in [-0.2, 0) is 68.7 Å². The highest BCUT2D eigenvalue weighted by molar-refractivity contribution is 5.98. The molecule has 0 aromatic heterocycles. The van der Waals surface area contributed by atoms with Crippen molar-refractivity contribution in [1.82, 2.24) is 68.7 Å². The van der Waals surface area contributed by atoms with Gasteiger partial charge in [-0.25, -0.2) is 0 Å². The molecule has 0 bridgehead atoms. The van der Waals surface area contributed by atoms with Crippen LogP contribution in [0, 0.1) is 0 Å². The molecule has 107 heavy (non-hydrogen) atoms. The second kappa shape index (κ2) is 55.3. The van der Waals surface area contributed by atoms with Gasteiger partial charge in [-0.15, -0.1) is 0 Å². The first-order chi connectivity index (χ1) is 51.2. The average Bonchev–Trinajstić information content (AvgIpc) is 1.75. The minimum atomic E-state index is -1.80. The predicted octanol–water partition coefficient (Wildman–Crippen LogP) is -8.90. The fourth-order valence-electron chi connectivity index (χ4n) is 11.0. The smallest absolute Gasteiger partial charge is 0.248 e. The number of hydrogen-bond acceptors (Lipinski definition) is 24. The number of guanidine groups is 2. The molecule has 0 saturated carbocycles. The maximum atomic E-state index is 14.3. The number of aliphatic imine (C=N–C) groups is 2. The van der Waals surface area contributed by atoms with Gasteiger partial charge in [0.2, 0.25) is 70.9 Å². The van der Waals surface area contributed by atoms with Gasteiger partial charge in [-0.05, 0) is 180 Å². The molecule has 40 nitrogen and oxygen atoms in total. The Kier molecular flexibility index (Phi) is 48.5. The molecule has 12 amide bonds. The number of nitrogens with zero attached hydrogens (tertiary/aromatic N) is 3. The molecular weight excluding hydrogens is 1400 g/mol. The van der Waals surface area contributed by atoms with Crippen molar-refractivity contribution in [3.8, 4) is 5.75 Å². The number of nitrogens with two attached hydrogens (primary N) is 9. The summed E-state index contributed by atoms with van der Waals surface area (Å²) in [5.41, 5.74) is 50.5. The lowest BCUT2D eigenvalue weighted by Gasteiger charge is -2.31. The summed E-state index contributed by atoms with van der Waals surface area (Å²) in [6.07, 6.45) is 4.25. The molecule has 1 aliphatic rings. The van der Waals surface area contributed by atoms with E-state index in [4.69, 9.17) is 56.3 Å². The van der Waals surface area contributed by atoms with E-state index in [1.165, 1.54) is 31.2 Å². The number of aliphatic hydroxyl groups is 2. The van der Waals surface area contributed by atoms with Crippen molar-refractivity contribution in [3.05, 3.63) is 29.8 Å². The lowest BCUT2D eigenvalue weighted by molar-refractivity contribution is -0.144. The number of primary amides is 1. The molecule has 1 aliphatic heterocycles. The van der Waals surface area contributed by atoms with Crippen LogP contribution >= 0.6 is 0 Å². The molecule has 0 spiro atoms. The molecule has 1 saturated heterocycles. The molecule has 1 fully saturated rings. The molecule has 606 valence electrons. The summed E-state index contributed by atoms with van der Waals surface area (Å²) in [6, 6.07) is -5.74. The van der Waals surface area contributed by atoms with E-state index in [2.05, 4.69) is 73.8 Å². The first-order valence-electron chi connectivity index (χ1n) is 36.7. The summed E-state index contributed by atoms with van der Waals surface area (Å²) < 4.78 is 5.89. The second-order valence-electron chi connectivity index (χ2n) is 25.9. The highest BCUT2D eigenvalue weighted by atomic mass is 16.5. The number of unbranched alkanes of at least 4 members (excludes halogenated alkanes) is 4. The largest absolute Gasteiger partial charge is 0.508 e. The number of phenols is 1. The number of aliphatic hydroxyl groups excluding tert-OH is 2. The van der Waals surface area contributed by atoms with E-state index in [1.54, 1.807) is 0 Å². The third-order valence-corrected chi connectivity index (χ3v) is 16.9. The number of hydrogen-bond donors (Lipinski definition) is 24. The van der Waals surface area contributed by atoms with Gasteiger partial charge in [0.1, 0.15) is 60.7 Å². The first kappa shape index (κ1) is 93.9.